The van der Waals surface area contributed by atoms with Crippen LogP contribution in [0.2, 0.25) is 0 Å². The first-order valence-electron chi connectivity index (χ1n) is 7.82. The Balaban J connectivity index is 1.63. The fourth-order valence-electron chi connectivity index (χ4n) is 4.01. The lowest BCUT2D eigenvalue weighted by Gasteiger charge is -2.38. The van der Waals surface area contributed by atoms with Gasteiger partial charge in [0.2, 0.25) is 11.8 Å². The van der Waals surface area contributed by atoms with Crippen molar-refractivity contribution in [3.8, 4) is 0 Å². The molecule has 2 amide bonds. The first-order valence-corrected chi connectivity index (χ1v) is 7.82. The summed E-state index contributed by atoms with van der Waals surface area (Å²) in [5, 5.41) is 9.47. The average Bonchev–Trinajstić information content (AvgIpc) is 3.07. The van der Waals surface area contributed by atoms with Crippen molar-refractivity contribution in [1.29, 1.82) is 0 Å². The molecule has 1 unspecified atom stereocenters. The molecule has 0 radical (unpaired) electrons. The van der Waals surface area contributed by atoms with Gasteiger partial charge in [-0.05, 0) is 19.3 Å². The van der Waals surface area contributed by atoms with E-state index >= 15 is 0 Å². The Hall–Kier alpha value is -1.59. The minimum absolute atomic E-state index is 0.0571. The van der Waals surface area contributed by atoms with Gasteiger partial charge >= 0.3 is 5.97 Å². The lowest BCUT2D eigenvalue weighted by atomic mass is 9.82. The van der Waals surface area contributed by atoms with E-state index in [1.807, 2.05) is 4.90 Å². The monoisotopic (exact) mass is 294 g/mol. The van der Waals surface area contributed by atoms with E-state index in [0.29, 0.717) is 38.9 Å². The van der Waals surface area contributed by atoms with Crippen molar-refractivity contribution in [2.24, 2.45) is 5.41 Å². The van der Waals surface area contributed by atoms with Crippen LogP contribution in [0.5, 0.6) is 0 Å². The summed E-state index contributed by atoms with van der Waals surface area (Å²) in [7, 11) is 0. The van der Waals surface area contributed by atoms with Crippen LogP contribution in [0.4, 0.5) is 0 Å². The van der Waals surface area contributed by atoms with E-state index in [9.17, 15) is 19.5 Å². The third-order valence-corrected chi connectivity index (χ3v) is 5.35. The number of carbonyl (C=O) groups is 3. The molecule has 3 aliphatic rings. The molecule has 0 aromatic rings. The van der Waals surface area contributed by atoms with Crippen LogP contribution < -0.4 is 0 Å². The average molecular weight is 294 g/mol. The predicted octanol–water partition coefficient (Wildman–Crippen LogP) is 0.855. The first-order chi connectivity index (χ1) is 10.0. The normalized spacial score (nSPS) is 27.8. The summed E-state index contributed by atoms with van der Waals surface area (Å²) in [5.41, 5.74) is -0.848. The standard InChI is InChI=1S/C15H22N2O4/c18-12-4-3-11-10-16(7-8-17(11)12)13(19)9-15(14(20)21)5-1-2-6-15/h11H,1-10H2,(H,20,21). The molecule has 0 spiro atoms. The van der Waals surface area contributed by atoms with Gasteiger partial charge in [0.1, 0.15) is 0 Å². The van der Waals surface area contributed by atoms with Crippen LogP contribution in [0.25, 0.3) is 0 Å². The summed E-state index contributed by atoms with van der Waals surface area (Å²) in [6.07, 6.45) is 4.50. The quantitative estimate of drug-likeness (QED) is 0.837. The van der Waals surface area contributed by atoms with E-state index in [1.165, 1.54) is 0 Å². The van der Waals surface area contributed by atoms with E-state index in [1.54, 1.807) is 4.90 Å². The molecule has 6 nitrogen and oxygen atoms in total. The number of amides is 2. The van der Waals surface area contributed by atoms with Crippen molar-refractivity contribution in [1.82, 2.24) is 9.80 Å². The first kappa shape index (κ1) is 14.4. The maximum Gasteiger partial charge on any atom is 0.310 e. The molecule has 0 aromatic heterocycles. The number of nitrogens with zero attached hydrogens (tertiary/aromatic N) is 2. The van der Waals surface area contributed by atoms with Crippen LogP contribution in [-0.2, 0) is 14.4 Å². The molecule has 1 N–H and O–H groups in total. The Morgan fingerprint density at radius 3 is 2.62 bits per heavy atom. The molecule has 2 aliphatic heterocycles. The van der Waals surface area contributed by atoms with Gasteiger partial charge in [0.25, 0.3) is 0 Å². The topological polar surface area (TPSA) is 77.9 Å². The number of hydrogen-bond acceptors (Lipinski definition) is 3. The van der Waals surface area contributed by atoms with Gasteiger partial charge in [-0.2, -0.15) is 0 Å². The molecule has 0 aromatic carbocycles. The van der Waals surface area contributed by atoms with Gasteiger partial charge in [0, 0.05) is 38.5 Å². The number of carbonyl (C=O) groups excluding carboxylic acids is 2. The molecular weight excluding hydrogens is 272 g/mol. The summed E-state index contributed by atoms with van der Waals surface area (Å²) in [5.74, 6) is -0.703. The Morgan fingerprint density at radius 2 is 1.95 bits per heavy atom. The van der Waals surface area contributed by atoms with Crippen molar-refractivity contribution in [3.63, 3.8) is 0 Å². The Morgan fingerprint density at radius 1 is 1.24 bits per heavy atom. The van der Waals surface area contributed by atoms with Crippen molar-refractivity contribution in [2.75, 3.05) is 19.6 Å². The summed E-state index contributed by atoms with van der Waals surface area (Å²) in [6.45, 7) is 1.70. The number of piperazine rings is 1. The van der Waals surface area contributed by atoms with E-state index in [4.69, 9.17) is 0 Å². The second-order valence-corrected chi connectivity index (χ2v) is 6.59. The maximum absolute atomic E-state index is 12.5. The minimum Gasteiger partial charge on any atom is -0.481 e. The zero-order valence-electron chi connectivity index (χ0n) is 12.2. The highest BCUT2D eigenvalue weighted by Gasteiger charge is 2.45. The number of fused-ring (bicyclic) bond motifs is 1. The molecule has 3 rings (SSSR count). The van der Waals surface area contributed by atoms with Crippen LogP contribution in [0.3, 0.4) is 0 Å². The summed E-state index contributed by atoms with van der Waals surface area (Å²) in [4.78, 5) is 39.3. The van der Waals surface area contributed by atoms with Crippen LogP contribution in [0, 0.1) is 5.41 Å². The molecule has 0 bridgehead atoms. The molecule has 21 heavy (non-hydrogen) atoms. The molecule has 3 fully saturated rings. The third-order valence-electron chi connectivity index (χ3n) is 5.35. The SMILES string of the molecule is O=C(CC1(C(=O)O)CCCC1)N1CCN2C(=O)CCC2C1. The summed E-state index contributed by atoms with van der Waals surface area (Å²) in [6, 6.07) is 0.138. The Bertz CT molecular complexity index is 470. The van der Waals surface area contributed by atoms with E-state index in [-0.39, 0.29) is 24.3 Å². The maximum atomic E-state index is 12.5. The Labute approximate surface area is 124 Å². The van der Waals surface area contributed by atoms with Crippen LogP contribution in [0.15, 0.2) is 0 Å². The lowest BCUT2D eigenvalue weighted by Crippen LogP contribution is -2.54. The fraction of sp³-hybridized carbons (Fsp3) is 0.800. The lowest BCUT2D eigenvalue weighted by molar-refractivity contribution is -0.154. The van der Waals surface area contributed by atoms with Crippen molar-refractivity contribution < 1.29 is 19.5 Å². The minimum atomic E-state index is -0.848. The van der Waals surface area contributed by atoms with Gasteiger partial charge in [-0.15, -0.1) is 0 Å². The summed E-state index contributed by atoms with van der Waals surface area (Å²) >= 11 is 0. The number of carboxylic acid groups (broad SMARTS) is 1. The molecular formula is C15H22N2O4. The number of carboxylic acids is 1. The van der Waals surface area contributed by atoms with Crippen LogP contribution in [-0.4, -0.2) is 58.4 Å². The predicted molar refractivity (Wildman–Crippen MR) is 74.5 cm³/mol. The van der Waals surface area contributed by atoms with Gasteiger partial charge in [-0.3, -0.25) is 14.4 Å². The smallest absolute Gasteiger partial charge is 0.310 e. The van der Waals surface area contributed by atoms with Gasteiger partial charge in [0.05, 0.1) is 5.41 Å². The van der Waals surface area contributed by atoms with Gasteiger partial charge < -0.3 is 14.9 Å². The van der Waals surface area contributed by atoms with Crippen LogP contribution >= 0.6 is 0 Å². The zero-order chi connectivity index (χ0) is 15.0. The van der Waals surface area contributed by atoms with Gasteiger partial charge in [-0.1, -0.05) is 12.8 Å². The van der Waals surface area contributed by atoms with E-state index < -0.39 is 11.4 Å². The van der Waals surface area contributed by atoms with E-state index in [0.717, 1.165) is 19.3 Å². The van der Waals surface area contributed by atoms with E-state index in [2.05, 4.69) is 0 Å². The second-order valence-electron chi connectivity index (χ2n) is 6.59. The van der Waals surface area contributed by atoms with Gasteiger partial charge in [-0.25, -0.2) is 0 Å². The Kier molecular flexibility index (Phi) is 3.63. The second kappa shape index (κ2) is 5.31. The highest BCUT2D eigenvalue weighted by molar-refractivity contribution is 5.86. The largest absolute Gasteiger partial charge is 0.481 e. The highest BCUT2D eigenvalue weighted by Crippen LogP contribution is 2.42. The fourth-order valence-corrected chi connectivity index (χ4v) is 4.01. The molecule has 1 aliphatic carbocycles. The molecule has 1 atom stereocenters. The summed E-state index contributed by atoms with van der Waals surface area (Å²) < 4.78 is 0. The van der Waals surface area contributed by atoms with Crippen molar-refractivity contribution >= 4 is 17.8 Å². The van der Waals surface area contributed by atoms with Crippen LogP contribution in [0.1, 0.15) is 44.9 Å². The third kappa shape index (κ3) is 2.51. The molecule has 1 saturated carbocycles. The van der Waals surface area contributed by atoms with Gasteiger partial charge in [0.15, 0.2) is 0 Å². The number of aliphatic carboxylic acids is 1. The molecule has 2 heterocycles. The highest BCUT2D eigenvalue weighted by atomic mass is 16.4. The number of rotatable bonds is 3. The molecule has 116 valence electrons. The zero-order valence-corrected chi connectivity index (χ0v) is 12.2. The van der Waals surface area contributed by atoms with Crippen molar-refractivity contribution in [3.05, 3.63) is 0 Å². The molecule has 6 heteroatoms. The van der Waals surface area contributed by atoms with Crippen molar-refractivity contribution in [2.45, 2.75) is 51.0 Å². The number of hydrogen-bond donors (Lipinski definition) is 1. The molecule has 2 saturated heterocycles.